The second-order valence-corrected chi connectivity index (χ2v) is 11.8. The molecule has 0 aliphatic carbocycles. The normalized spacial score (nSPS) is 14.5. The highest BCUT2D eigenvalue weighted by molar-refractivity contribution is 7.92. The fraction of sp³-hybridized carbons (Fsp3) is 0.367. The number of nitrogens with one attached hydrogen (secondary N) is 1. The maximum absolute atomic E-state index is 13.6. The first-order chi connectivity index (χ1) is 17.8. The number of benzene rings is 3. The summed E-state index contributed by atoms with van der Waals surface area (Å²) in [4.78, 5) is 15.7. The van der Waals surface area contributed by atoms with Crippen molar-refractivity contribution in [3.8, 4) is 0 Å². The third kappa shape index (κ3) is 6.99. The number of carbonyl (C=O) groups is 1. The Morgan fingerprint density at radius 3 is 2.14 bits per heavy atom. The van der Waals surface area contributed by atoms with Gasteiger partial charge in [0.1, 0.15) is 6.54 Å². The molecule has 0 radical (unpaired) electrons. The van der Waals surface area contributed by atoms with Crippen LogP contribution in [-0.4, -0.2) is 38.9 Å². The number of hydrogen-bond acceptors (Lipinski definition) is 4. The first-order valence-corrected chi connectivity index (χ1v) is 14.5. The van der Waals surface area contributed by atoms with Crippen molar-refractivity contribution < 1.29 is 13.2 Å². The van der Waals surface area contributed by atoms with Gasteiger partial charge in [0.05, 0.1) is 10.6 Å². The molecule has 4 rings (SSSR count). The molecule has 1 aliphatic rings. The van der Waals surface area contributed by atoms with E-state index in [1.54, 1.807) is 42.5 Å². The maximum Gasteiger partial charge on any atom is 0.264 e. The van der Waals surface area contributed by atoms with Crippen LogP contribution in [0.4, 0.5) is 5.69 Å². The van der Waals surface area contributed by atoms with E-state index in [-0.39, 0.29) is 17.3 Å². The van der Waals surface area contributed by atoms with Crippen molar-refractivity contribution in [2.75, 3.05) is 23.9 Å². The molecule has 1 heterocycles. The Morgan fingerprint density at radius 1 is 0.865 bits per heavy atom. The van der Waals surface area contributed by atoms with Gasteiger partial charge in [0.15, 0.2) is 0 Å². The summed E-state index contributed by atoms with van der Waals surface area (Å²) in [5.74, 6) is -0.0262. The third-order valence-electron chi connectivity index (χ3n) is 6.90. The molecule has 0 unspecified atom stereocenters. The summed E-state index contributed by atoms with van der Waals surface area (Å²) in [6.45, 7) is 7.29. The van der Waals surface area contributed by atoms with Crippen molar-refractivity contribution >= 4 is 21.6 Å². The summed E-state index contributed by atoms with van der Waals surface area (Å²) in [5, 5.41) is 2.97. The van der Waals surface area contributed by atoms with E-state index in [1.807, 2.05) is 30.3 Å². The molecule has 0 bridgehead atoms. The Labute approximate surface area is 221 Å². The molecule has 1 aliphatic heterocycles. The number of carbonyl (C=O) groups excluding carboxylic acids is 1. The number of sulfonamides is 1. The van der Waals surface area contributed by atoms with Crippen LogP contribution in [-0.2, 0) is 27.9 Å². The average molecular weight is 520 g/mol. The molecule has 37 heavy (non-hydrogen) atoms. The molecule has 0 spiro atoms. The number of piperidine rings is 1. The second kappa shape index (κ2) is 12.4. The number of hydrogen-bond donors (Lipinski definition) is 1. The highest BCUT2D eigenvalue weighted by Gasteiger charge is 2.27. The zero-order valence-electron chi connectivity index (χ0n) is 21.8. The smallest absolute Gasteiger partial charge is 0.264 e. The van der Waals surface area contributed by atoms with Crippen LogP contribution < -0.4 is 9.62 Å². The van der Waals surface area contributed by atoms with E-state index < -0.39 is 10.0 Å². The summed E-state index contributed by atoms with van der Waals surface area (Å²) in [5.41, 5.74) is 3.83. The summed E-state index contributed by atoms with van der Waals surface area (Å²) < 4.78 is 28.4. The highest BCUT2D eigenvalue weighted by Crippen LogP contribution is 2.26. The monoisotopic (exact) mass is 519 g/mol. The molecule has 6 nitrogen and oxygen atoms in total. The van der Waals surface area contributed by atoms with Gasteiger partial charge < -0.3 is 5.32 Å². The lowest BCUT2D eigenvalue weighted by molar-refractivity contribution is -0.119. The lowest BCUT2D eigenvalue weighted by atomic mass is 10.0. The predicted octanol–water partition coefficient (Wildman–Crippen LogP) is 5.31. The van der Waals surface area contributed by atoms with Gasteiger partial charge in [0, 0.05) is 13.1 Å². The van der Waals surface area contributed by atoms with Crippen molar-refractivity contribution in [2.24, 2.45) is 0 Å². The van der Waals surface area contributed by atoms with Gasteiger partial charge in [0.2, 0.25) is 5.91 Å². The summed E-state index contributed by atoms with van der Waals surface area (Å²) in [7, 11) is -3.93. The molecule has 1 saturated heterocycles. The van der Waals surface area contributed by atoms with Crippen molar-refractivity contribution in [2.45, 2.75) is 57.0 Å². The van der Waals surface area contributed by atoms with E-state index in [1.165, 1.54) is 29.1 Å². The van der Waals surface area contributed by atoms with Crippen molar-refractivity contribution in [1.29, 1.82) is 0 Å². The quantitative estimate of drug-likeness (QED) is 0.394. The zero-order valence-corrected chi connectivity index (χ0v) is 22.6. The van der Waals surface area contributed by atoms with Crippen LogP contribution in [0.25, 0.3) is 0 Å². The molecule has 1 amide bonds. The van der Waals surface area contributed by atoms with E-state index in [2.05, 4.69) is 30.1 Å². The van der Waals surface area contributed by atoms with Crippen LogP contribution >= 0.6 is 0 Å². The standard InChI is InChI=1S/C30H37N3O3S/c1-24(2)25-15-17-28(18-16-25)33(37(35,36)29-13-5-3-6-14-29)23-30(34)31-21-26-11-7-8-12-27(26)22-32-19-9-4-10-20-32/h3,5-8,11-18,24H,4,9-10,19-23H2,1-2H3,(H,31,34). The molecule has 1 fully saturated rings. The summed E-state index contributed by atoms with van der Waals surface area (Å²) in [6.07, 6.45) is 3.74. The van der Waals surface area contributed by atoms with Gasteiger partial charge in [-0.1, -0.05) is 74.9 Å². The molecule has 3 aromatic carbocycles. The Balaban J connectivity index is 1.51. The van der Waals surface area contributed by atoms with Gasteiger partial charge in [-0.05, 0) is 72.8 Å². The molecule has 0 aromatic heterocycles. The van der Waals surface area contributed by atoms with Crippen LogP contribution in [0.15, 0.2) is 83.8 Å². The molecule has 3 aromatic rings. The first-order valence-electron chi connectivity index (χ1n) is 13.1. The fourth-order valence-corrected chi connectivity index (χ4v) is 6.13. The number of amides is 1. The van der Waals surface area contributed by atoms with Gasteiger partial charge in [-0.3, -0.25) is 14.0 Å². The number of anilines is 1. The van der Waals surface area contributed by atoms with Crippen molar-refractivity contribution in [3.05, 3.63) is 95.6 Å². The van der Waals surface area contributed by atoms with Crippen LogP contribution in [0.2, 0.25) is 0 Å². The number of rotatable bonds is 10. The molecular formula is C30H37N3O3S. The van der Waals surface area contributed by atoms with E-state index in [0.717, 1.165) is 30.8 Å². The average Bonchev–Trinajstić information content (AvgIpc) is 2.92. The van der Waals surface area contributed by atoms with Gasteiger partial charge in [0.25, 0.3) is 10.0 Å². The lowest BCUT2D eigenvalue weighted by Gasteiger charge is -2.27. The zero-order chi connectivity index (χ0) is 26.3. The Hall–Kier alpha value is -3.16. The van der Waals surface area contributed by atoms with E-state index in [0.29, 0.717) is 18.2 Å². The third-order valence-corrected chi connectivity index (χ3v) is 8.69. The largest absolute Gasteiger partial charge is 0.350 e. The lowest BCUT2D eigenvalue weighted by Crippen LogP contribution is -2.40. The predicted molar refractivity (Wildman–Crippen MR) is 149 cm³/mol. The Kier molecular flexibility index (Phi) is 9.00. The number of nitrogens with zero attached hydrogens (tertiary/aromatic N) is 2. The minimum Gasteiger partial charge on any atom is -0.350 e. The van der Waals surface area contributed by atoms with Gasteiger partial charge in [-0.25, -0.2) is 8.42 Å². The van der Waals surface area contributed by atoms with Crippen LogP contribution in [0.1, 0.15) is 55.7 Å². The summed E-state index contributed by atoms with van der Waals surface area (Å²) >= 11 is 0. The molecule has 7 heteroatoms. The minimum atomic E-state index is -3.93. The topological polar surface area (TPSA) is 69.7 Å². The molecule has 196 valence electrons. The highest BCUT2D eigenvalue weighted by atomic mass is 32.2. The van der Waals surface area contributed by atoms with Crippen LogP contribution in [0.5, 0.6) is 0 Å². The van der Waals surface area contributed by atoms with Crippen LogP contribution in [0.3, 0.4) is 0 Å². The van der Waals surface area contributed by atoms with Gasteiger partial charge in [-0.2, -0.15) is 0 Å². The molecule has 0 atom stereocenters. The fourth-order valence-electron chi connectivity index (χ4n) is 4.68. The SMILES string of the molecule is CC(C)c1ccc(N(CC(=O)NCc2ccccc2CN2CCCCC2)S(=O)(=O)c2ccccc2)cc1. The van der Waals surface area contributed by atoms with E-state index in [9.17, 15) is 13.2 Å². The maximum atomic E-state index is 13.6. The van der Waals surface area contributed by atoms with Crippen molar-refractivity contribution in [3.63, 3.8) is 0 Å². The Morgan fingerprint density at radius 2 is 1.49 bits per heavy atom. The molecule has 1 N–H and O–H groups in total. The van der Waals surface area contributed by atoms with Gasteiger partial charge >= 0.3 is 0 Å². The van der Waals surface area contributed by atoms with E-state index in [4.69, 9.17) is 0 Å². The summed E-state index contributed by atoms with van der Waals surface area (Å²) in [6, 6.07) is 23.8. The second-order valence-electron chi connectivity index (χ2n) is 9.95. The Bertz CT molecular complexity index is 1270. The minimum absolute atomic E-state index is 0.155. The van der Waals surface area contributed by atoms with Crippen LogP contribution in [0, 0.1) is 0 Å². The van der Waals surface area contributed by atoms with Gasteiger partial charge in [-0.15, -0.1) is 0 Å². The first kappa shape index (κ1) is 26.9. The van der Waals surface area contributed by atoms with Crippen molar-refractivity contribution in [1.82, 2.24) is 10.2 Å². The number of likely N-dealkylation sites (tertiary alicyclic amines) is 1. The molecule has 0 saturated carbocycles. The van der Waals surface area contributed by atoms with E-state index >= 15 is 0 Å². The molecular weight excluding hydrogens is 482 g/mol.